The molecule has 0 fully saturated rings. The van der Waals surface area contributed by atoms with Crippen molar-refractivity contribution >= 4 is 26.8 Å². The van der Waals surface area contributed by atoms with Crippen LogP contribution in [0.3, 0.4) is 0 Å². The molecule has 0 N–H and O–H groups in total. The van der Waals surface area contributed by atoms with Crippen LogP contribution in [-0.2, 0) is 0 Å². The summed E-state index contributed by atoms with van der Waals surface area (Å²) in [7, 11) is 0. The van der Waals surface area contributed by atoms with Crippen LogP contribution >= 0.6 is 15.9 Å². The van der Waals surface area contributed by atoms with Gasteiger partial charge in [0.05, 0.1) is 0 Å². The molecule has 1 nitrogen and oxygen atoms in total. The van der Waals surface area contributed by atoms with E-state index in [-0.39, 0.29) is 0 Å². The zero-order valence-corrected chi connectivity index (χ0v) is 11.9. The van der Waals surface area contributed by atoms with E-state index in [1.807, 2.05) is 0 Å². The number of benzene rings is 1. The van der Waals surface area contributed by atoms with Crippen LogP contribution in [0.4, 0.5) is 0 Å². The summed E-state index contributed by atoms with van der Waals surface area (Å²) in [5.74, 6) is 0.563. The Morgan fingerprint density at radius 2 is 1.75 bits per heavy atom. The standard InChI is InChI=1S/C14H18BrN/c1-9(2)13-7-11-5-6-12(15)8-14(11)16(13)10(3)4/h5-10H,1-4H3. The highest BCUT2D eigenvalue weighted by Crippen LogP contribution is 2.30. The van der Waals surface area contributed by atoms with Gasteiger partial charge in [0.25, 0.3) is 0 Å². The van der Waals surface area contributed by atoms with Crippen LogP contribution in [0.1, 0.15) is 45.3 Å². The molecule has 0 unspecified atom stereocenters. The molecule has 86 valence electrons. The Morgan fingerprint density at radius 1 is 1.06 bits per heavy atom. The van der Waals surface area contributed by atoms with E-state index in [0.29, 0.717) is 12.0 Å². The summed E-state index contributed by atoms with van der Waals surface area (Å²) in [5.41, 5.74) is 2.75. The van der Waals surface area contributed by atoms with Crippen molar-refractivity contribution in [2.24, 2.45) is 0 Å². The second-order valence-corrected chi connectivity index (χ2v) is 5.81. The molecule has 0 aliphatic rings. The molecule has 0 radical (unpaired) electrons. The smallest absolute Gasteiger partial charge is 0.0496 e. The van der Waals surface area contributed by atoms with Crippen molar-refractivity contribution in [3.8, 4) is 0 Å². The maximum atomic E-state index is 3.55. The van der Waals surface area contributed by atoms with E-state index in [1.165, 1.54) is 16.6 Å². The topological polar surface area (TPSA) is 4.93 Å². The van der Waals surface area contributed by atoms with E-state index in [0.717, 1.165) is 4.47 Å². The van der Waals surface area contributed by atoms with Crippen LogP contribution in [-0.4, -0.2) is 4.57 Å². The first-order chi connectivity index (χ1) is 7.50. The van der Waals surface area contributed by atoms with Gasteiger partial charge in [0, 0.05) is 21.7 Å². The molecule has 1 heterocycles. The van der Waals surface area contributed by atoms with Gasteiger partial charge in [0.2, 0.25) is 0 Å². The number of hydrogen-bond donors (Lipinski definition) is 0. The van der Waals surface area contributed by atoms with Crippen molar-refractivity contribution in [3.05, 3.63) is 34.4 Å². The summed E-state index contributed by atoms with van der Waals surface area (Å²) in [6.45, 7) is 8.99. The van der Waals surface area contributed by atoms with E-state index in [4.69, 9.17) is 0 Å². The molecule has 1 aromatic heterocycles. The quantitative estimate of drug-likeness (QED) is 0.720. The molecular weight excluding hydrogens is 262 g/mol. The van der Waals surface area contributed by atoms with Crippen molar-refractivity contribution in [1.29, 1.82) is 0 Å². The highest BCUT2D eigenvalue weighted by molar-refractivity contribution is 9.10. The lowest BCUT2D eigenvalue weighted by Crippen LogP contribution is -2.06. The summed E-state index contributed by atoms with van der Waals surface area (Å²) < 4.78 is 3.58. The fourth-order valence-electron chi connectivity index (χ4n) is 2.24. The van der Waals surface area contributed by atoms with Crippen LogP contribution in [0.15, 0.2) is 28.7 Å². The zero-order chi connectivity index (χ0) is 11.9. The van der Waals surface area contributed by atoms with Gasteiger partial charge in [0.15, 0.2) is 0 Å². The number of aromatic nitrogens is 1. The second kappa shape index (κ2) is 4.25. The Balaban J connectivity index is 2.77. The van der Waals surface area contributed by atoms with Gasteiger partial charge in [-0.2, -0.15) is 0 Å². The monoisotopic (exact) mass is 279 g/mol. The third-order valence-electron chi connectivity index (χ3n) is 2.94. The lowest BCUT2D eigenvalue weighted by Gasteiger charge is -2.16. The largest absolute Gasteiger partial charge is 0.342 e. The summed E-state index contributed by atoms with van der Waals surface area (Å²) >= 11 is 3.55. The number of nitrogens with zero attached hydrogens (tertiary/aromatic N) is 1. The maximum absolute atomic E-state index is 3.55. The molecule has 2 aromatic rings. The van der Waals surface area contributed by atoms with Gasteiger partial charge in [-0.1, -0.05) is 35.8 Å². The van der Waals surface area contributed by atoms with Crippen LogP contribution in [0, 0.1) is 0 Å². The van der Waals surface area contributed by atoms with Gasteiger partial charge in [-0.15, -0.1) is 0 Å². The lowest BCUT2D eigenvalue weighted by atomic mass is 10.1. The molecule has 0 atom stereocenters. The van der Waals surface area contributed by atoms with E-state index in [9.17, 15) is 0 Å². The van der Waals surface area contributed by atoms with E-state index in [2.05, 4.69) is 72.5 Å². The molecule has 2 rings (SSSR count). The normalized spacial score (nSPS) is 11.9. The van der Waals surface area contributed by atoms with Crippen molar-refractivity contribution in [3.63, 3.8) is 0 Å². The Hall–Kier alpha value is -0.760. The maximum Gasteiger partial charge on any atom is 0.0496 e. The first kappa shape index (κ1) is 11.7. The average molecular weight is 280 g/mol. The molecule has 0 saturated carbocycles. The molecule has 0 saturated heterocycles. The summed E-state index contributed by atoms with van der Waals surface area (Å²) in [4.78, 5) is 0. The van der Waals surface area contributed by atoms with Gasteiger partial charge in [-0.25, -0.2) is 0 Å². The number of fused-ring (bicyclic) bond motifs is 1. The second-order valence-electron chi connectivity index (χ2n) is 4.89. The number of hydrogen-bond acceptors (Lipinski definition) is 0. The van der Waals surface area contributed by atoms with Gasteiger partial charge in [-0.05, 0) is 43.4 Å². The Labute approximate surface area is 106 Å². The molecule has 0 amide bonds. The fourth-order valence-corrected chi connectivity index (χ4v) is 2.59. The van der Waals surface area contributed by atoms with Gasteiger partial charge < -0.3 is 4.57 Å². The summed E-state index contributed by atoms with van der Waals surface area (Å²) in [5, 5.41) is 1.33. The highest BCUT2D eigenvalue weighted by Gasteiger charge is 2.13. The Kier molecular flexibility index (Phi) is 3.11. The summed E-state index contributed by atoms with van der Waals surface area (Å²) in [6.07, 6.45) is 0. The van der Waals surface area contributed by atoms with Gasteiger partial charge >= 0.3 is 0 Å². The molecule has 1 aromatic carbocycles. The molecule has 0 spiro atoms. The van der Waals surface area contributed by atoms with Crippen LogP contribution < -0.4 is 0 Å². The minimum atomic E-state index is 0.504. The summed E-state index contributed by atoms with van der Waals surface area (Å²) in [6, 6.07) is 9.32. The Morgan fingerprint density at radius 3 is 2.31 bits per heavy atom. The highest BCUT2D eigenvalue weighted by atomic mass is 79.9. The van der Waals surface area contributed by atoms with E-state index < -0.39 is 0 Å². The van der Waals surface area contributed by atoms with Crippen molar-refractivity contribution in [1.82, 2.24) is 4.57 Å². The van der Waals surface area contributed by atoms with Crippen LogP contribution in [0.5, 0.6) is 0 Å². The predicted molar refractivity (Wildman–Crippen MR) is 74.1 cm³/mol. The molecular formula is C14H18BrN. The van der Waals surface area contributed by atoms with Crippen molar-refractivity contribution < 1.29 is 0 Å². The fraction of sp³-hybridized carbons (Fsp3) is 0.429. The molecule has 0 bridgehead atoms. The zero-order valence-electron chi connectivity index (χ0n) is 10.3. The SMILES string of the molecule is CC(C)c1cc2ccc(Br)cc2n1C(C)C. The first-order valence-electron chi connectivity index (χ1n) is 5.81. The van der Waals surface area contributed by atoms with Crippen LogP contribution in [0.25, 0.3) is 10.9 Å². The Bertz CT molecular complexity index is 509. The number of rotatable bonds is 2. The molecule has 2 heteroatoms. The third kappa shape index (κ3) is 1.91. The van der Waals surface area contributed by atoms with Crippen molar-refractivity contribution in [2.75, 3.05) is 0 Å². The predicted octanol–water partition coefficient (Wildman–Crippen LogP) is 5.11. The molecule has 0 aliphatic heterocycles. The minimum absolute atomic E-state index is 0.504. The molecule has 0 aliphatic carbocycles. The average Bonchev–Trinajstić information content (AvgIpc) is 2.55. The van der Waals surface area contributed by atoms with Crippen LogP contribution in [0.2, 0.25) is 0 Å². The molecule has 16 heavy (non-hydrogen) atoms. The van der Waals surface area contributed by atoms with Gasteiger partial charge in [-0.3, -0.25) is 0 Å². The van der Waals surface area contributed by atoms with E-state index >= 15 is 0 Å². The number of halogens is 1. The minimum Gasteiger partial charge on any atom is -0.342 e. The third-order valence-corrected chi connectivity index (χ3v) is 3.43. The van der Waals surface area contributed by atoms with Crippen molar-refractivity contribution in [2.45, 2.75) is 39.7 Å². The van der Waals surface area contributed by atoms with E-state index in [1.54, 1.807) is 0 Å². The first-order valence-corrected chi connectivity index (χ1v) is 6.60. The lowest BCUT2D eigenvalue weighted by molar-refractivity contribution is 0.577. The van der Waals surface area contributed by atoms with Gasteiger partial charge in [0.1, 0.15) is 0 Å².